The number of nitrogen functional groups attached to an aromatic ring is 1. The first kappa shape index (κ1) is 13.4. The van der Waals surface area contributed by atoms with Crippen LogP contribution >= 0.6 is 11.6 Å². The molecular weight excluding hydrogens is 254 g/mol. The van der Waals surface area contributed by atoms with Gasteiger partial charge in [-0.1, -0.05) is 11.6 Å². The van der Waals surface area contributed by atoms with Gasteiger partial charge in [0.15, 0.2) is 12.1 Å². The largest absolute Gasteiger partial charge is 0.395 e. The number of hydrogen-bond donors (Lipinski definition) is 1. The Labute approximate surface area is 112 Å². The average Bonchev–Trinajstić information content (AvgIpc) is 2.88. The molecule has 1 aromatic rings. The number of anilines is 2. The fourth-order valence-corrected chi connectivity index (χ4v) is 2.50. The third-order valence-corrected chi connectivity index (χ3v) is 3.46. The molecule has 100 valence electrons. The number of rotatable bonds is 4. The van der Waals surface area contributed by atoms with Gasteiger partial charge in [-0.25, -0.2) is 4.98 Å². The number of nitrogens with two attached hydrogens (primary N) is 1. The van der Waals surface area contributed by atoms with Gasteiger partial charge < -0.3 is 20.1 Å². The number of pyridine rings is 1. The van der Waals surface area contributed by atoms with E-state index in [1.165, 1.54) is 0 Å². The highest BCUT2D eigenvalue weighted by molar-refractivity contribution is 6.31. The molecule has 6 heteroatoms. The Morgan fingerprint density at radius 1 is 1.33 bits per heavy atom. The van der Waals surface area contributed by atoms with E-state index in [1.54, 1.807) is 20.4 Å². The molecular formula is C12H18ClN3O2. The van der Waals surface area contributed by atoms with Gasteiger partial charge in [0, 0.05) is 33.5 Å². The van der Waals surface area contributed by atoms with Crippen molar-refractivity contribution in [2.24, 2.45) is 0 Å². The standard InChI is InChI=1S/C12H18ClN3O2/c1-17-12(18-2)9-8(13)7-15-11(10(9)14)16-5-3-4-6-16/h7,12H,3-6,14H2,1-2H3. The molecule has 1 aromatic heterocycles. The summed E-state index contributed by atoms with van der Waals surface area (Å²) in [5.74, 6) is 0.769. The SMILES string of the molecule is COC(OC)c1c(Cl)cnc(N2CCCC2)c1N. The number of methoxy groups -OCH3 is 2. The fraction of sp³-hybridized carbons (Fsp3) is 0.583. The summed E-state index contributed by atoms with van der Waals surface area (Å²) in [6.45, 7) is 1.95. The van der Waals surface area contributed by atoms with Crippen molar-refractivity contribution in [3.05, 3.63) is 16.8 Å². The van der Waals surface area contributed by atoms with Gasteiger partial charge in [-0.3, -0.25) is 0 Å². The minimum absolute atomic E-state index is 0.462. The topological polar surface area (TPSA) is 60.6 Å². The maximum Gasteiger partial charge on any atom is 0.186 e. The highest BCUT2D eigenvalue weighted by atomic mass is 35.5. The Kier molecular flexibility index (Phi) is 4.27. The van der Waals surface area contributed by atoms with Crippen LogP contribution in [-0.4, -0.2) is 32.3 Å². The molecule has 2 heterocycles. The second-order valence-corrected chi connectivity index (χ2v) is 4.66. The van der Waals surface area contributed by atoms with Crippen LogP contribution in [0.1, 0.15) is 24.7 Å². The minimum atomic E-state index is -0.568. The van der Waals surface area contributed by atoms with E-state index in [9.17, 15) is 0 Å². The van der Waals surface area contributed by atoms with Crippen molar-refractivity contribution < 1.29 is 9.47 Å². The zero-order valence-corrected chi connectivity index (χ0v) is 11.4. The van der Waals surface area contributed by atoms with Crippen molar-refractivity contribution in [1.82, 2.24) is 4.98 Å². The molecule has 18 heavy (non-hydrogen) atoms. The van der Waals surface area contributed by atoms with Crippen LogP contribution in [0.3, 0.4) is 0 Å². The summed E-state index contributed by atoms with van der Waals surface area (Å²) in [6, 6.07) is 0. The molecule has 0 spiro atoms. The molecule has 1 saturated heterocycles. The zero-order chi connectivity index (χ0) is 13.1. The molecule has 0 bridgehead atoms. The highest BCUT2D eigenvalue weighted by Gasteiger charge is 2.24. The molecule has 0 radical (unpaired) electrons. The quantitative estimate of drug-likeness (QED) is 0.851. The molecule has 1 aliphatic rings. The lowest BCUT2D eigenvalue weighted by molar-refractivity contribution is -0.105. The van der Waals surface area contributed by atoms with Crippen LogP contribution in [0, 0.1) is 0 Å². The molecule has 0 aromatic carbocycles. The number of halogens is 1. The van der Waals surface area contributed by atoms with Gasteiger partial charge in [0.2, 0.25) is 0 Å². The molecule has 0 unspecified atom stereocenters. The summed E-state index contributed by atoms with van der Waals surface area (Å²) in [7, 11) is 3.11. The van der Waals surface area contributed by atoms with Crippen LogP contribution in [0.4, 0.5) is 11.5 Å². The predicted molar refractivity (Wildman–Crippen MR) is 71.9 cm³/mol. The molecule has 0 amide bonds. The number of hydrogen-bond acceptors (Lipinski definition) is 5. The van der Waals surface area contributed by atoms with Crippen LogP contribution in [0.2, 0.25) is 5.02 Å². The Balaban J connectivity index is 2.41. The Morgan fingerprint density at radius 2 is 1.94 bits per heavy atom. The Hall–Kier alpha value is -1.04. The van der Waals surface area contributed by atoms with E-state index >= 15 is 0 Å². The predicted octanol–water partition coefficient (Wildman–Crippen LogP) is 2.21. The maximum atomic E-state index is 6.17. The van der Waals surface area contributed by atoms with Gasteiger partial charge in [0.25, 0.3) is 0 Å². The first-order valence-corrected chi connectivity index (χ1v) is 6.31. The summed E-state index contributed by atoms with van der Waals surface area (Å²) >= 11 is 6.14. The van der Waals surface area contributed by atoms with E-state index < -0.39 is 6.29 Å². The first-order chi connectivity index (χ1) is 8.69. The number of nitrogens with zero attached hydrogens (tertiary/aromatic N) is 2. The smallest absolute Gasteiger partial charge is 0.186 e. The molecule has 1 aliphatic heterocycles. The zero-order valence-electron chi connectivity index (χ0n) is 10.6. The van der Waals surface area contributed by atoms with Gasteiger partial charge in [-0.2, -0.15) is 0 Å². The summed E-state index contributed by atoms with van der Waals surface area (Å²) in [4.78, 5) is 6.49. The van der Waals surface area contributed by atoms with E-state index in [0.717, 1.165) is 31.7 Å². The normalized spacial score (nSPS) is 15.7. The lowest BCUT2D eigenvalue weighted by Crippen LogP contribution is -2.22. The molecule has 1 fully saturated rings. The summed E-state index contributed by atoms with van der Waals surface area (Å²) in [5.41, 5.74) is 7.36. The van der Waals surface area contributed by atoms with Crippen LogP contribution in [-0.2, 0) is 9.47 Å². The van der Waals surface area contributed by atoms with Crippen LogP contribution in [0.25, 0.3) is 0 Å². The van der Waals surface area contributed by atoms with Crippen molar-refractivity contribution in [2.45, 2.75) is 19.1 Å². The van der Waals surface area contributed by atoms with Gasteiger partial charge in [0.1, 0.15) is 0 Å². The number of aromatic nitrogens is 1. The Morgan fingerprint density at radius 3 is 2.50 bits per heavy atom. The summed E-state index contributed by atoms with van der Waals surface area (Å²) < 4.78 is 10.5. The third-order valence-electron chi connectivity index (χ3n) is 3.16. The first-order valence-electron chi connectivity index (χ1n) is 5.93. The Bertz CT molecular complexity index is 418. The van der Waals surface area contributed by atoms with E-state index in [4.69, 9.17) is 26.8 Å². The fourth-order valence-electron chi connectivity index (χ4n) is 2.26. The summed E-state index contributed by atoms with van der Waals surface area (Å²) in [6.07, 6.45) is 3.36. The molecule has 0 atom stereocenters. The van der Waals surface area contributed by atoms with Crippen molar-refractivity contribution in [3.8, 4) is 0 Å². The molecule has 2 rings (SSSR count). The third kappa shape index (κ3) is 2.39. The monoisotopic (exact) mass is 271 g/mol. The maximum absolute atomic E-state index is 6.17. The van der Waals surface area contributed by atoms with Crippen LogP contribution < -0.4 is 10.6 Å². The summed E-state index contributed by atoms with van der Waals surface area (Å²) in [5, 5.41) is 0.462. The molecule has 0 aliphatic carbocycles. The van der Waals surface area contributed by atoms with Crippen LogP contribution in [0.5, 0.6) is 0 Å². The van der Waals surface area contributed by atoms with Gasteiger partial charge in [-0.05, 0) is 12.8 Å². The highest BCUT2D eigenvalue weighted by Crippen LogP contribution is 2.36. The molecule has 0 saturated carbocycles. The number of ether oxygens (including phenoxy) is 2. The van der Waals surface area contributed by atoms with Gasteiger partial charge in [0.05, 0.1) is 16.3 Å². The van der Waals surface area contributed by atoms with Crippen molar-refractivity contribution in [1.29, 1.82) is 0 Å². The van der Waals surface area contributed by atoms with E-state index in [0.29, 0.717) is 16.3 Å². The van der Waals surface area contributed by atoms with Gasteiger partial charge in [-0.15, -0.1) is 0 Å². The van der Waals surface area contributed by atoms with E-state index in [2.05, 4.69) is 9.88 Å². The van der Waals surface area contributed by atoms with Crippen molar-refractivity contribution in [2.75, 3.05) is 37.9 Å². The van der Waals surface area contributed by atoms with Crippen LogP contribution in [0.15, 0.2) is 6.20 Å². The van der Waals surface area contributed by atoms with Gasteiger partial charge >= 0.3 is 0 Å². The average molecular weight is 272 g/mol. The lowest BCUT2D eigenvalue weighted by Gasteiger charge is -2.23. The van der Waals surface area contributed by atoms with E-state index in [-0.39, 0.29) is 0 Å². The molecule has 5 nitrogen and oxygen atoms in total. The second-order valence-electron chi connectivity index (χ2n) is 4.25. The van der Waals surface area contributed by atoms with E-state index in [1.807, 2.05) is 0 Å². The van der Waals surface area contributed by atoms with Crippen molar-refractivity contribution >= 4 is 23.1 Å². The second kappa shape index (κ2) is 5.73. The van der Waals surface area contributed by atoms with Crippen molar-refractivity contribution in [3.63, 3.8) is 0 Å². The lowest BCUT2D eigenvalue weighted by atomic mass is 10.2. The molecule has 2 N–H and O–H groups in total. The minimum Gasteiger partial charge on any atom is -0.395 e.